The van der Waals surface area contributed by atoms with E-state index in [1.54, 1.807) is 0 Å². The van der Waals surface area contributed by atoms with Gasteiger partial charge in [-0.3, -0.25) is 4.52 Å². The van der Waals surface area contributed by atoms with Gasteiger partial charge in [-0.2, -0.15) is 8.62 Å². The van der Waals surface area contributed by atoms with Crippen molar-refractivity contribution in [1.82, 2.24) is 0 Å². The molecule has 0 aliphatic carbocycles. The first-order valence-electron chi connectivity index (χ1n) is 5.74. The molecule has 16 nitrogen and oxygen atoms in total. The number of phosphoric ester groups is 1. The van der Waals surface area contributed by atoms with Gasteiger partial charge in [0.2, 0.25) is 0 Å². The maximum Gasteiger partial charge on any atom is 0.508 e. The maximum atomic E-state index is 11.5. The fraction of sp³-hybridized carbons (Fsp3) is 1.00. The molecule has 0 aromatic rings. The lowest BCUT2D eigenvalue weighted by atomic mass is 10.1. The first-order valence-corrected chi connectivity index (χ1v) is 10.2. The smallest absolute Gasteiger partial charge is 0.358 e. The summed E-state index contributed by atoms with van der Waals surface area (Å²) in [6.07, 6.45) is -1.79. The maximum absolute atomic E-state index is 11.5. The van der Waals surface area contributed by atoms with E-state index >= 15 is 0 Å². The first kappa shape index (κ1) is 21.6. The Hall–Kier alpha value is -0.400. The van der Waals surface area contributed by atoms with Gasteiger partial charge in [-0.25, -0.2) is 19.0 Å². The van der Waals surface area contributed by atoms with Crippen LogP contribution in [0.2, 0.25) is 0 Å². The van der Waals surface area contributed by atoms with Crippen LogP contribution in [0.3, 0.4) is 0 Å². The van der Waals surface area contributed by atoms with Crippen LogP contribution in [0.5, 0.6) is 0 Å². The lowest BCUT2D eigenvalue weighted by Gasteiger charge is -2.19. The van der Waals surface area contributed by atoms with E-state index in [1.165, 1.54) is 0 Å². The number of rotatable bonds is 9. The van der Waals surface area contributed by atoms with Gasteiger partial charge in [-0.05, 0) is 12.0 Å². The fourth-order valence-electron chi connectivity index (χ4n) is 1.58. The third-order valence-electron chi connectivity index (χ3n) is 2.37. The van der Waals surface area contributed by atoms with E-state index in [4.69, 9.17) is 31.0 Å². The molecule has 1 aliphatic rings. The second-order valence-corrected chi connectivity index (χ2v) is 8.71. The van der Waals surface area contributed by atoms with Crippen molar-refractivity contribution in [2.75, 3.05) is 6.61 Å². The second kappa shape index (κ2) is 8.32. The molecule has 0 radical (unpaired) electrons. The molecule has 0 amide bonds. The van der Waals surface area contributed by atoms with Gasteiger partial charge in [0.05, 0.1) is 18.8 Å². The summed E-state index contributed by atoms with van der Waals surface area (Å²) in [5, 5.41) is 11.3. The van der Waals surface area contributed by atoms with Gasteiger partial charge in [-0.15, -0.1) is 4.67 Å². The Balaban J connectivity index is 2.66. The summed E-state index contributed by atoms with van der Waals surface area (Å²) in [4.78, 5) is 29.5. The highest BCUT2D eigenvalue weighted by Crippen LogP contribution is 2.67. The number of nitrogens with two attached hydrogens (primary N) is 1. The van der Waals surface area contributed by atoms with Crippen molar-refractivity contribution in [2.45, 2.75) is 24.8 Å². The number of azide groups is 1. The van der Waals surface area contributed by atoms with Crippen LogP contribution in [-0.4, -0.2) is 44.9 Å². The minimum atomic E-state index is -5.64. The molecule has 0 aromatic carbocycles. The van der Waals surface area contributed by atoms with E-state index in [1.807, 2.05) is 0 Å². The van der Waals surface area contributed by atoms with Crippen LogP contribution in [0.15, 0.2) is 5.11 Å². The largest absolute Gasteiger partial charge is 0.508 e. The summed E-state index contributed by atoms with van der Waals surface area (Å²) in [5.41, 5.74) is 13.8. The molecule has 0 saturated carbocycles. The molecular formula is C5H13N4O12P3. The minimum Gasteiger partial charge on any atom is -0.358 e. The monoisotopic (exact) mass is 414 g/mol. The zero-order valence-electron chi connectivity index (χ0n) is 11.5. The summed E-state index contributed by atoms with van der Waals surface area (Å²) < 4.78 is 53.0. The predicted molar refractivity (Wildman–Crippen MR) is 71.7 cm³/mol. The molecule has 24 heavy (non-hydrogen) atoms. The third-order valence-corrected chi connectivity index (χ3v) is 6.35. The molecule has 4 unspecified atom stereocenters. The molecule has 1 heterocycles. The zero-order chi connectivity index (χ0) is 18.6. The topological polar surface area (TPSA) is 253 Å². The molecule has 6 N–H and O–H groups in total. The molecule has 0 bridgehead atoms. The van der Waals surface area contributed by atoms with E-state index in [9.17, 15) is 18.6 Å². The van der Waals surface area contributed by atoms with Gasteiger partial charge < -0.3 is 25.2 Å². The van der Waals surface area contributed by atoms with Gasteiger partial charge >= 0.3 is 23.5 Å². The predicted octanol–water partition coefficient (Wildman–Crippen LogP) is 0.580. The van der Waals surface area contributed by atoms with Gasteiger partial charge in [0.15, 0.2) is 0 Å². The zero-order valence-corrected chi connectivity index (χ0v) is 14.1. The number of hydrogen-bond acceptors (Lipinski definition) is 11. The van der Waals surface area contributed by atoms with Gasteiger partial charge in [-0.1, -0.05) is 5.11 Å². The average Bonchev–Trinajstić information content (AvgIpc) is 2.75. The van der Waals surface area contributed by atoms with Crippen LogP contribution in [0.4, 0.5) is 0 Å². The fourth-order valence-corrected chi connectivity index (χ4v) is 4.70. The molecule has 19 heteroatoms. The second-order valence-electron chi connectivity index (χ2n) is 4.17. The number of nitrogens with zero attached hydrogens (tertiary/aromatic N) is 3. The van der Waals surface area contributed by atoms with Crippen LogP contribution < -0.4 is 5.73 Å². The van der Waals surface area contributed by atoms with E-state index < -0.39 is 48.4 Å². The van der Waals surface area contributed by atoms with E-state index in [-0.39, 0.29) is 6.42 Å². The van der Waals surface area contributed by atoms with Crippen LogP contribution >= 0.6 is 23.5 Å². The summed E-state index contributed by atoms with van der Waals surface area (Å²) in [6.45, 7) is -0.738. The normalized spacial score (nSPS) is 31.5. The molecule has 6 atom stereocenters. The lowest BCUT2D eigenvalue weighted by Crippen LogP contribution is -2.25. The number of phosphoric acid groups is 3. The Morgan fingerprint density at radius 1 is 1.21 bits per heavy atom. The SMILES string of the molecule is [N-]=[N+]=NC1C[C@H](N)O[C@@H]1COP(=O)(O)OP(=O)(O)OP(=O)(O)OO. The molecule has 1 fully saturated rings. The number of hydrogen-bond donors (Lipinski definition) is 5. The van der Waals surface area contributed by atoms with Crippen LogP contribution in [0.1, 0.15) is 6.42 Å². The first-order chi connectivity index (χ1) is 10.9. The lowest BCUT2D eigenvalue weighted by molar-refractivity contribution is -0.157. The molecule has 1 saturated heterocycles. The summed E-state index contributed by atoms with van der Waals surface area (Å²) in [7, 11) is -16.3. The molecular weight excluding hydrogens is 401 g/mol. The Kier molecular flexibility index (Phi) is 7.50. The van der Waals surface area contributed by atoms with Crippen LogP contribution in [0.25, 0.3) is 10.4 Å². The third kappa shape index (κ3) is 7.23. The summed E-state index contributed by atoms with van der Waals surface area (Å²) in [5.74, 6) is 0. The van der Waals surface area contributed by atoms with E-state index in [0.717, 1.165) is 0 Å². The highest BCUT2D eigenvalue weighted by atomic mass is 31.3. The Morgan fingerprint density at radius 2 is 1.79 bits per heavy atom. The van der Waals surface area contributed by atoms with Crippen LogP contribution in [-0.2, 0) is 36.3 Å². The van der Waals surface area contributed by atoms with Crippen molar-refractivity contribution in [3.05, 3.63) is 10.4 Å². The Morgan fingerprint density at radius 3 is 2.33 bits per heavy atom. The van der Waals surface area contributed by atoms with Crippen molar-refractivity contribution in [1.29, 1.82) is 0 Å². The van der Waals surface area contributed by atoms with Crippen molar-refractivity contribution in [2.24, 2.45) is 10.8 Å². The molecule has 1 rings (SSSR count). The average molecular weight is 414 g/mol. The minimum absolute atomic E-state index is 0.0951. The Bertz CT molecular complexity index is 636. The Labute approximate surface area is 133 Å². The van der Waals surface area contributed by atoms with Crippen molar-refractivity contribution < 1.29 is 56.2 Å². The molecule has 1 aliphatic heterocycles. The molecule has 0 aromatic heterocycles. The highest BCUT2D eigenvalue weighted by Gasteiger charge is 2.43. The van der Waals surface area contributed by atoms with Gasteiger partial charge in [0.1, 0.15) is 6.23 Å². The van der Waals surface area contributed by atoms with Crippen molar-refractivity contribution in [3.8, 4) is 0 Å². The standard InChI is InChI=1S/C5H13N4O12P3/c6-5-1-3(8-9-7)4(18-5)2-17-22(11,12)20-24(15,16)21-23(13,14)19-10/h3-5,10H,1-2,6H2,(H,11,12)(H,13,14)(H,15,16)/t3?,4-,5-/m1/s1. The molecule has 0 spiro atoms. The van der Waals surface area contributed by atoms with Crippen molar-refractivity contribution in [3.63, 3.8) is 0 Å². The van der Waals surface area contributed by atoms with Crippen LogP contribution in [0, 0.1) is 0 Å². The van der Waals surface area contributed by atoms with Crippen molar-refractivity contribution >= 4 is 23.5 Å². The van der Waals surface area contributed by atoms with Gasteiger partial charge in [0, 0.05) is 4.91 Å². The summed E-state index contributed by atoms with van der Waals surface area (Å²) >= 11 is 0. The highest BCUT2D eigenvalue weighted by molar-refractivity contribution is 7.66. The summed E-state index contributed by atoms with van der Waals surface area (Å²) in [6, 6.07) is -0.831. The number of ether oxygens (including phenoxy) is 1. The van der Waals surface area contributed by atoms with Gasteiger partial charge in [0.25, 0.3) is 0 Å². The van der Waals surface area contributed by atoms with E-state index in [2.05, 4.69) is 27.8 Å². The quantitative estimate of drug-likeness (QED) is 0.0865. The molecule has 140 valence electrons. The van der Waals surface area contributed by atoms with E-state index in [0.29, 0.717) is 0 Å².